The fourth-order valence-electron chi connectivity index (χ4n) is 2.33. The molecular formula is C17H27FN2O3S. The number of hydrogen-bond acceptors (Lipinski definition) is 3. The number of nitrogens with one attached hydrogen (secondary N) is 1. The van der Waals surface area contributed by atoms with Crippen molar-refractivity contribution < 1.29 is 17.6 Å². The second kappa shape index (κ2) is 9.74. The molecule has 136 valence electrons. The number of benzene rings is 1. The fourth-order valence-corrected chi connectivity index (χ4v) is 3.46. The van der Waals surface area contributed by atoms with Crippen molar-refractivity contribution in [2.24, 2.45) is 5.92 Å². The van der Waals surface area contributed by atoms with E-state index >= 15 is 0 Å². The van der Waals surface area contributed by atoms with Crippen LogP contribution in [0.5, 0.6) is 0 Å². The number of halogens is 1. The van der Waals surface area contributed by atoms with Crippen molar-refractivity contribution in [1.82, 2.24) is 9.62 Å². The van der Waals surface area contributed by atoms with E-state index in [2.05, 4.69) is 19.2 Å². The van der Waals surface area contributed by atoms with Crippen molar-refractivity contribution in [1.29, 1.82) is 0 Å². The third-order valence-electron chi connectivity index (χ3n) is 4.02. The molecule has 1 rings (SSSR count). The Morgan fingerprint density at radius 2 is 1.88 bits per heavy atom. The van der Waals surface area contributed by atoms with Crippen LogP contribution in [0.1, 0.15) is 39.5 Å². The van der Waals surface area contributed by atoms with Gasteiger partial charge in [-0.25, -0.2) is 12.8 Å². The van der Waals surface area contributed by atoms with Crippen molar-refractivity contribution in [3.8, 4) is 0 Å². The van der Waals surface area contributed by atoms with Crippen LogP contribution in [0.15, 0.2) is 29.2 Å². The molecule has 1 aromatic carbocycles. The van der Waals surface area contributed by atoms with Gasteiger partial charge >= 0.3 is 0 Å². The molecule has 0 spiro atoms. The van der Waals surface area contributed by atoms with E-state index in [0.717, 1.165) is 42.1 Å². The van der Waals surface area contributed by atoms with Crippen molar-refractivity contribution in [3.63, 3.8) is 0 Å². The summed E-state index contributed by atoms with van der Waals surface area (Å²) in [4.78, 5) is 12.0. The lowest BCUT2D eigenvalue weighted by molar-refractivity contribution is -0.121. The van der Waals surface area contributed by atoms with Gasteiger partial charge in [-0.1, -0.05) is 33.1 Å². The Balaban J connectivity index is 2.58. The van der Waals surface area contributed by atoms with Crippen molar-refractivity contribution in [2.45, 2.75) is 44.4 Å². The van der Waals surface area contributed by atoms with Crippen molar-refractivity contribution in [2.75, 3.05) is 20.1 Å². The van der Waals surface area contributed by atoms with E-state index in [1.807, 2.05) is 0 Å². The zero-order valence-corrected chi connectivity index (χ0v) is 15.4. The Morgan fingerprint density at radius 1 is 1.25 bits per heavy atom. The summed E-state index contributed by atoms with van der Waals surface area (Å²) in [5.74, 6) is -0.432. The zero-order valence-electron chi connectivity index (χ0n) is 14.6. The number of unbranched alkanes of at least 4 members (excludes halogenated alkanes) is 1. The smallest absolute Gasteiger partial charge is 0.243 e. The van der Waals surface area contributed by atoms with Gasteiger partial charge in [-0.3, -0.25) is 4.79 Å². The van der Waals surface area contributed by atoms with Crippen LogP contribution in [0.4, 0.5) is 4.39 Å². The molecule has 0 saturated heterocycles. The Morgan fingerprint density at radius 3 is 2.42 bits per heavy atom. The third kappa shape index (κ3) is 6.20. The summed E-state index contributed by atoms with van der Waals surface area (Å²) in [5.41, 5.74) is 0. The number of amides is 1. The summed E-state index contributed by atoms with van der Waals surface area (Å²) >= 11 is 0. The predicted molar refractivity (Wildman–Crippen MR) is 92.5 cm³/mol. The molecule has 0 radical (unpaired) electrons. The largest absolute Gasteiger partial charge is 0.355 e. The minimum atomic E-state index is -3.80. The quantitative estimate of drug-likeness (QED) is 0.699. The average Bonchev–Trinajstić information content (AvgIpc) is 2.55. The number of carbonyl (C=O) groups is 1. The number of rotatable bonds is 10. The number of hydrogen-bond donors (Lipinski definition) is 1. The standard InChI is InChI=1S/C17H27FN2O3S/c1-4-6-7-14(5-2)12-19-17(21)13-20(3)24(22,23)16-10-8-15(18)9-11-16/h8-11,14H,4-7,12-13H2,1-3H3,(H,19,21). The van der Waals surface area contributed by atoms with Crippen LogP contribution in [-0.4, -0.2) is 38.8 Å². The summed E-state index contributed by atoms with van der Waals surface area (Å²) in [5, 5.41) is 2.80. The number of nitrogens with zero attached hydrogens (tertiary/aromatic N) is 1. The number of likely N-dealkylation sites (N-methyl/N-ethyl adjacent to an activating group) is 1. The highest BCUT2D eigenvalue weighted by atomic mass is 32.2. The Hall–Kier alpha value is -1.47. The lowest BCUT2D eigenvalue weighted by Gasteiger charge is -2.19. The topological polar surface area (TPSA) is 66.5 Å². The second-order valence-corrected chi connectivity index (χ2v) is 7.98. The second-order valence-electron chi connectivity index (χ2n) is 5.94. The minimum absolute atomic E-state index is 0.0337. The molecule has 0 aliphatic heterocycles. The van der Waals surface area contributed by atoms with Gasteiger partial charge in [0.05, 0.1) is 11.4 Å². The molecule has 1 aromatic rings. The van der Waals surface area contributed by atoms with Crippen molar-refractivity contribution in [3.05, 3.63) is 30.1 Å². The van der Waals surface area contributed by atoms with Crippen LogP contribution < -0.4 is 5.32 Å². The Kier molecular flexibility index (Phi) is 8.35. The first-order valence-corrected chi connectivity index (χ1v) is 9.73. The van der Waals surface area contributed by atoms with Gasteiger partial charge in [0.15, 0.2) is 0 Å². The van der Waals surface area contributed by atoms with Gasteiger partial charge in [0.1, 0.15) is 5.82 Å². The van der Waals surface area contributed by atoms with E-state index in [-0.39, 0.29) is 17.3 Å². The highest BCUT2D eigenvalue weighted by Crippen LogP contribution is 2.15. The molecule has 1 amide bonds. The summed E-state index contributed by atoms with van der Waals surface area (Å²) in [6, 6.07) is 4.55. The summed E-state index contributed by atoms with van der Waals surface area (Å²) in [6.45, 7) is 4.50. The van der Waals surface area contributed by atoms with Gasteiger partial charge < -0.3 is 5.32 Å². The van der Waals surface area contributed by atoms with E-state index < -0.39 is 15.8 Å². The van der Waals surface area contributed by atoms with E-state index in [1.54, 1.807) is 0 Å². The monoisotopic (exact) mass is 358 g/mol. The third-order valence-corrected chi connectivity index (χ3v) is 5.84. The molecule has 1 atom stereocenters. The molecule has 0 aromatic heterocycles. The van der Waals surface area contributed by atoms with Gasteiger partial charge in [0, 0.05) is 13.6 Å². The molecule has 1 unspecified atom stereocenters. The first-order valence-electron chi connectivity index (χ1n) is 8.29. The lowest BCUT2D eigenvalue weighted by Crippen LogP contribution is -2.40. The van der Waals surface area contributed by atoms with Gasteiger partial charge in [-0.05, 0) is 36.6 Å². The van der Waals surface area contributed by atoms with E-state index in [1.165, 1.54) is 19.2 Å². The van der Waals surface area contributed by atoms with Crippen molar-refractivity contribution >= 4 is 15.9 Å². The molecular weight excluding hydrogens is 331 g/mol. The molecule has 0 heterocycles. The summed E-state index contributed by atoms with van der Waals surface area (Å²) in [6.07, 6.45) is 4.26. The molecule has 0 fully saturated rings. The Bertz CT molecular complexity index is 617. The van der Waals surface area contributed by atoms with E-state index in [9.17, 15) is 17.6 Å². The van der Waals surface area contributed by atoms with Crippen LogP contribution in [0.25, 0.3) is 0 Å². The van der Waals surface area contributed by atoms with E-state index in [0.29, 0.717) is 12.5 Å². The maximum absolute atomic E-state index is 12.9. The number of sulfonamides is 1. The summed E-state index contributed by atoms with van der Waals surface area (Å²) < 4.78 is 38.6. The predicted octanol–water partition coefficient (Wildman–Crippen LogP) is 2.78. The first kappa shape index (κ1) is 20.6. The highest BCUT2D eigenvalue weighted by Gasteiger charge is 2.23. The van der Waals surface area contributed by atoms with Crippen LogP contribution in [0.2, 0.25) is 0 Å². The van der Waals surface area contributed by atoms with Gasteiger partial charge in [-0.15, -0.1) is 0 Å². The first-order chi connectivity index (χ1) is 11.3. The normalized spacial score (nSPS) is 13.0. The molecule has 24 heavy (non-hydrogen) atoms. The van der Waals surface area contributed by atoms with Crippen LogP contribution >= 0.6 is 0 Å². The van der Waals surface area contributed by atoms with Crippen LogP contribution in [0.3, 0.4) is 0 Å². The van der Waals surface area contributed by atoms with Crippen LogP contribution in [0, 0.1) is 11.7 Å². The van der Waals surface area contributed by atoms with E-state index in [4.69, 9.17) is 0 Å². The molecule has 1 N–H and O–H groups in total. The highest BCUT2D eigenvalue weighted by molar-refractivity contribution is 7.89. The zero-order chi connectivity index (χ0) is 18.2. The SMILES string of the molecule is CCCCC(CC)CNC(=O)CN(C)S(=O)(=O)c1ccc(F)cc1. The van der Waals surface area contributed by atoms with Gasteiger partial charge in [0.25, 0.3) is 0 Å². The molecule has 0 aliphatic rings. The van der Waals surface area contributed by atoms with Crippen LogP contribution in [-0.2, 0) is 14.8 Å². The molecule has 5 nitrogen and oxygen atoms in total. The average molecular weight is 358 g/mol. The molecule has 7 heteroatoms. The number of carbonyl (C=O) groups excluding carboxylic acids is 1. The minimum Gasteiger partial charge on any atom is -0.355 e. The van der Waals surface area contributed by atoms with Gasteiger partial charge in [-0.2, -0.15) is 4.31 Å². The van der Waals surface area contributed by atoms with Gasteiger partial charge in [0.2, 0.25) is 15.9 Å². The molecule has 0 bridgehead atoms. The lowest BCUT2D eigenvalue weighted by atomic mass is 9.99. The summed E-state index contributed by atoms with van der Waals surface area (Å²) in [7, 11) is -2.46. The fraction of sp³-hybridized carbons (Fsp3) is 0.588. The molecule has 0 aliphatic carbocycles. The molecule has 0 saturated carbocycles. The maximum Gasteiger partial charge on any atom is 0.243 e. The Labute approximate surface area is 144 Å². The maximum atomic E-state index is 12.9.